The molecular formula is C21H19Br. The summed E-state index contributed by atoms with van der Waals surface area (Å²) in [5.41, 5.74) is 6.29. The molecule has 0 aliphatic heterocycles. The Morgan fingerprint density at radius 2 is 1.05 bits per heavy atom. The lowest BCUT2D eigenvalue weighted by Gasteiger charge is -2.30. The van der Waals surface area contributed by atoms with Crippen molar-refractivity contribution in [3.8, 4) is 0 Å². The lowest BCUT2D eigenvalue weighted by molar-refractivity contribution is 0.912. The first-order valence-electron chi connectivity index (χ1n) is 7.49. The maximum Gasteiger partial charge on any atom is 0.100 e. The van der Waals surface area contributed by atoms with Crippen LogP contribution in [0.3, 0.4) is 0 Å². The van der Waals surface area contributed by atoms with Gasteiger partial charge < -0.3 is 0 Å². The fourth-order valence-corrected chi connectivity index (χ4v) is 3.64. The van der Waals surface area contributed by atoms with E-state index in [0.717, 1.165) is 0 Å². The van der Waals surface area contributed by atoms with Gasteiger partial charge in [-0.25, -0.2) is 0 Å². The van der Waals surface area contributed by atoms with Gasteiger partial charge >= 0.3 is 0 Å². The van der Waals surface area contributed by atoms with E-state index in [1.807, 2.05) is 0 Å². The van der Waals surface area contributed by atoms with Gasteiger partial charge in [-0.05, 0) is 30.5 Å². The highest BCUT2D eigenvalue weighted by Crippen LogP contribution is 2.45. The normalized spacial score (nSPS) is 11.4. The van der Waals surface area contributed by atoms with E-state index in [2.05, 4.69) is 109 Å². The molecule has 0 fully saturated rings. The molecule has 3 rings (SSSR count). The quantitative estimate of drug-likeness (QED) is 0.402. The molecule has 0 saturated carbocycles. The van der Waals surface area contributed by atoms with Gasteiger partial charge in [0.15, 0.2) is 0 Å². The van der Waals surface area contributed by atoms with Crippen molar-refractivity contribution < 1.29 is 0 Å². The largest absolute Gasteiger partial charge is 0.100 e. The third kappa shape index (κ3) is 2.74. The number of alkyl halides is 1. The van der Waals surface area contributed by atoms with Crippen molar-refractivity contribution in [1.29, 1.82) is 0 Å². The van der Waals surface area contributed by atoms with Crippen molar-refractivity contribution in [3.05, 3.63) is 107 Å². The van der Waals surface area contributed by atoms with Gasteiger partial charge in [0.2, 0.25) is 0 Å². The van der Waals surface area contributed by atoms with Gasteiger partial charge in [-0.1, -0.05) is 106 Å². The van der Waals surface area contributed by atoms with Crippen LogP contribution in [0.1, 0.15) is 27.8 Å². The van der Waals surface area contributed by atoms with E-state index in [4.69, 9.17) is 0 Å². The predicted molar refractivity (Wildman–Crippen MR) is 97.6 cm³/mol. The summed E-state index contributed by atoms with van der Waals surface area (Å²) in [6.07, 6.45) is 0. The lowest BCUT2D eigenvalue weighted by atomic mass is 9.84. The molecule has 0 radical (unpaired) electrons. The lowest BCUT2D eigenvalue weighted by Crippen LogP contribution is -2.21. The number of halogens is 1. The summed E-state index contributed by atoms with van der Waals surface area (Å²) in [5, 5.41) is 0. The van der Waals surface area contributed by atoms with E-state index in [1.54, 1.807) is 0 Å². The number of aryl methyl sites for hydroxylation is 2. The molecule has 0 atom stereocenters. The van der Waals surface area contributed by atoms with Crippen molar-refractivity contribution in [1.82, 2.24) is 0 Å². The van der Waals surface area contributed by atoms with E-state index in [1.165, 1.54) is 27.8 Å². The van der Waals surface area contributed by atoms with Crippen LogP contribution in [-0.2, 0) is 4.32 Å². The second-order valence-corrected chi connectivity index (χ2v) is 6.95. The van der Waals surface area contributed by atoms with Crippen molar-refractivity contribution in [2.45, 2.75) is 18.2 Å². The highest BCUT2D eigenvalue weighted by Gasteiger charge is 2.33. The zero-order valence-corrected chi connectivity index (χ0v) is 14.5. The fraction of sp³-hybridized carbons (Fsp3) is 0.143. The first-order chi connectivity index (χ1) is 10.6. The number of hydrogen-bond donors (Lipinski definition) is 0. The van der Waals surface area contributed by atoms with Crippen LogP contribution in [0.5, 0.6) is 0 Å². The standard InChI is InChI=1S/C21H19Br/c1-16-8-6-12-19(14-16)21(22,18-10-4-3-5-11-18)20-13-7-9-17(2)15-20/h3-15H,1-2H3. The summed E-state index contributed by atoms with van der Waals surface area (Å²) in [6, 6.07) is 28.0. The molecule has 0 aliphatic rings. The Morgan fingerprint density at radius 3 is 1.50 bits per heavy atom. The zero-order valence-electron chi connectivity index (χ0n) is 12.9. The fourth-order valence-electron chi connectivity index (χ4n) is 2.89. The molecule has 0 saturated heterocycles. The minimum absolute atomic E-state index is 0.327. The minimum Gasteiger partial charge on any atom is -0.0696 e. The van der Waals surface area contributed by atoms with Crippen LogP contribution in [0.15, 0.2) is 78.9 Å². The van der Waals surface area contributed by atoms with Crippen LogP contribution in [0.25, 0.3) is 0 Å². The molecule has 0 amide bonds. The minimum atomic E-state index is -0.327. The number of benzene rings is 3. The van der Waals surface area contributed by atoms with Crippen LogP contribution >= 0.6 is 15.9 Å². The molecule has 0 bridgehead atoms. The van der Waals surface area contributed by atoms with E-state index in [9.17, 15) is 0 Å². The van der Waals surface area contributed by atoms with Crippen LogP contribution in [0.4, 0.5) is 0 Å². The third-order valence-electron chi connectivity index (χ3n) is 4.00. The van der Waals surface area contributed by atoms with Crippen molar-refractivity contribution in [2.75, 3.05) is 0 Å². The van der Waals surface area contributed by atoms with Crippen LogP contribution in [-0.4, -0.2) is 0 Å². The molecular weight excluding hydrogens is 332 g/mol. The Labute approximate surface area is 141 Å². The van der Waals surface area contributed by atoms with Crippen LogP contribution in [0, 0.1) is 13.8 Å². The molecule has 0 nitrogen and oxygen atoms in total. The Morgan fingerprint density at radius 1 is 0.591 bits per heavy atom. The SMILES string of the molecule is Cc1cccc(C(Br)(c2ccccc2)c2cccc(C)c2)c1. The summed E-state index contributed by atoms with van der Waals surface area (Å²) in [5.74, 6) is 0. The smallest absolute Gasteiger partial charge is 0.0696 e. The van der Waals surface area contributed by atoms with Crippen molar-refractivity contribution >= 4 is 15.9 Å². The van der Waals surface area contributed by atoms with Gasteiger partial charge in [0.25, 0.3) is 0 Å². The van der Waals surface area contributed by atoms with Gasteiger partial charge in [0.1, 0.15) is 4.32 Å². The first-order valence-corrected chi connectivity index (χ1v) is 8.29. The molecule has 3 aromatic rings. The monoisotopic (exact) mass is 350 g/mol. The van der Waals surface area contributed by atoms with Crippen molar-refractivity contribution in [2.24, 2.45) is 0 Å². The molecule has 110 valence electrons. The summed E-state index contributed by atoms with van der Waals surface area (Å²) in [7, 11) is 0. The molecule has 0 N–H and O–H groups in total. The Kier molecular flexibility index (Phi) is 4.17. The summed E-state index contributed by atoms with van der Waals surface area (Å²) >= 11 is 4.08. The van der Waals surface area contributed by atoms with Gasteiger partial charge in [-0.2, -0.15) is 0 Å². The first kappa shape index (κ1) is 15.1. The molecule has 0 aromatic heterocycles. The van der Waals surface area contributed by atoms with E-state index in [-0.39, 0.29) is 4.32 Å². The molecule has 22 heavy (non-hydrogen) atoms. The van der Waals surface area contributed by atoms with Gasteiger partial charge in [-0.3, -0.25) is 0 Å². The molecule has 0 aliphatic carbocycles. The Balaban J connectivity index is 2.27. The summed E-state index contributed by atoms with van der Waals surface area (Å²) in [6.45, 7) is 4.27. The Hall–Kier alpha value is -1.86. The second kappa shape index (κ2) is 6.10. The predicted octanol–water partition coefficient (Wildman–Crippen LogP) is 5.99. The van der Waals surface area contributed by atoms with Gasteiger partial charge in [-0.15, -0.1) is 0 Å². The molecule has 1 heteroatoms. The van der Waals surface area contributed by atoms with E-state index >= 15 is 0 Å². The summed E-state index contributed by atoms with van der Waals surface area (Å²) in [4.78, 5) is 0. The average Bonchev–Trinajstić information content (AvgIpc) is 2.55. The summed E-state index contributed by atoms with van der Waals surface area (Å²) < 4.78 is -0.327. The molecule has 0 spiro atoms. The van der Waals surface area contributed by atoms with Gasteiger partial charge in [0.05, 0.1) is 0 Å². The third-order valence-corrected chi connectivity index (χ3v) is 5.38. The van der Waals surface area contributed by atoms with E-state index in [0.29, 0.717) is 0 Å². The van der Waals surface area contributed by atoms with Crippen LogP contribution in [0.2, 0.25) is 0 Å². The topological polar surface area (TPSA) is 0 Å². The molecule has 3 aromatic carbocycles. The maximum absolute atomic E-state index is 4.08. The zero-order chi connectivity index (χ0) is 15.6. The maximum atomic E-state index is 4.08. The second-order valence-electron chi connectivity index (χ2n) is 5.76. The Bertz CT molecular complexity index is 729. The van der Waals surface area contributed by atoms with Gasteiger partial charge in [0, 0.05) is 0 Å². The molecule has 0 unspecified atom stereocenters. The molecule has 0 heterocycles. The van der Waals surface area contributed by atoms with E-state index < -0.39 is 0 Å². The highest BCUT2D eigenvalue weighted by molar-refractivity contribution is 9.10. The highest BCUT2D eigenvalue weighted by atomic mass is 79.9. The number of hydrogen-bond acceptors (Lipinski definition) is 0. The number of rotatable bonds is 3. The van der Waals surface area contributed by atoms with Crippen molar-refractivity contribution in [3.63, 3.8) is 0 Å². The van der Waals surface area contributed by atoms with Crippen LogP contribution < -0.4 is 0 Å². The average molecular weight is 351 g/mol.